The normalized spacial score (nSPS) is 15.8. The van der Waals surface area contributed by atoms with Gasteiger partial charge in [-0.15, -0.1) is 0 Å². The molecule has 1 aliphatic heterocycles. The van der Waals surface area contributed by atoms with Gasteiger partial charge in [-0.25, -0.2) is 0 Å². The zero-order valence-corrected chi connectivity index (χ0v) is 20.6. The van der Waals surface area contributed by atoms with Crippen molar-refractivity contribution in [3.63, 3.8) is 0 Å². The molecule has 36 heavy (non-hydrogen) atoms. The third kappa shape index (κ3) is 4.89. The number of hydrogen-bond acceptors (Lipinski definition) is 6. The van der Waals surface area contributed by atoms with Crippen molar-refractivity contribution < 1.29 is 23.5 Å². The molecule has 0 bridgehead atoms. The lowest BCUT2D eigenvalue weighted by Gasteiger charge is -2.32. The van der Waals surface area contributed by atoms with Gasteiger partial charge in [-0.05, 0) is 54.8 Å². The van der Waals surface area contributed by atoms with Gasteiger partial charge in [-0.2, -0.15) is 0 Å². The third-order valence-corrected chi connectivity index (χ3v) is 6.69. The third-order valence-electron chi connectivity index (χ3n) is 6.69. The Bertz CT molecular complexity index is 1200. The number of nitrogens with one attached hydrogen (secondary N) is 1. The van der Waals surface area contributed by atoms with Crippen LogP contribution in [0.2, 0.25) is 0 Å². The number of ether oxygens (including phenoxy) is 2. The second-order valence-electron chi connectivity index (χ2n) is 9.36. The van der Waals surface area contributed by atoms with Crippen LogP contribution in [0, 0.1) is 0 Å². The maximum absolute atomic E-state index is 13.9. The zero-order valence-electron chi connectivity index (χ0n) is 20.6. The number of carbonyl (C=O) groups excluding carboxylic acids is 2. The highest BCUT2D eigenvalue weighted by Crippen LogP contribution is 2.38. The van der Waals surface area contributed by atoms with Gasteiger partial charge in [0.15, 0.2) is 17.3 Å². The van der Waals surface area contributed by atoms with Crippen LogP contribution in [0.4, 0.5) is 11.4 Å². The van der Waals surface area contributed by atoms with Crippen LogP contribution in [0.3, 0.4) is 0 Å². The molecule has 1 aliphatic carbocycles. The second kappa shape index (κ2) is 10.4. The Morgan fingerprint density at radius 2 is 1.61 bits per heavy atom. The topological polar surface area (TPSA) is 84.3 Å². The molecule has 1 saturated carbocycles. The van der Waals surface area contributed by atoms with Gasteiger partial charge < -0.3 is 24.1 Å². The minimum Gasteiger partial charge on any atom is -0.486 e. The first-order chi connectivity index (χ1) is 17.5. The van der Waals surface area contributed by atoms with Crippen molar-refractivity contribution in [1.82, 2.24) is 5.32 Å². The van der Waals surface area contributed by atoms with E-state index in [1.165, 1.54) is 11.2 Å². The molecule has 0 unspecified atom stereocenters. The first kappa shape index (κ1) is 23.8. The summed E-state index contributed by atoms with van der Waals surface area (Å²) in [6.45, 7) is 0.881. The van der Waals surface area contributed by atoms with E-state index >= 15 is 0 Å². The average Bonchev–Trinajstić information content (AvgIpc) is 3.61. The highest BCUT2D eigenvalue weighted by Gasteiger charge is 2.36. The average molecular weight is 490 g/mol. The molecule has 0 spiro atoms. The molecule has 5 rings (SSSR count). The highest BCUT2D eigenvalue weighted by atomic mass is 16.6. The van der Waals surface area contributed by atoms with Crippen molar-refractivity contribution in [3.05, 3.63) is 72.2 Å². The van der Waals surface area contributed by atoms with Crippen LogP contribution in [0.15, 0.2) is 65.3 Å². The molecule has 2 amide bonds. The van der Waals surface area contributed by atoms with Crippen LogP contribution in [-0.2, 0) is 4.79 Å². The lowest BCUT2D eigenvalue weighted by molar-refractivity contribution is -0.123. The minimum atomic E-state index is -0.915. The fourth-order valence-corrected chi connectivity index (χ4v) is 4.81. The van der Waals surface area contributed by atoms with Crippen molar-refractivity contribution in [2.75, 3.05) is 37.1 Å². The molecular formula is C28H31N3O5. The van der Waals surface area contributed by atoms with Crippen molar-refractivity contribution in [1.29, 1.82) is 0 Å². The van der Waals surface area contributed by atoms with E-state index < -0.39 is 11.9 Å². The smallest absolute Gasteiger partial charge is 0.294 e. The molecule has 2 aliphatic rings. The van der Waals surface area contributed by atoms with Crippen molar-refractivity contribution in [3.8, 4) is 11.5 Å². The first-order valence-electron chi connectivity index (χ1n) is 12.4. The number of nitrogens with zero attached hydrogens (tertiary/aromatic N) is 2. The Morgan fingerprint density at radius 1 is 0.917 bits per heavy atom. The van der Waals surface area contributed by atoms with Gasteiger partial charge in [0.25, 0.3) is 5.91 Å². The number of amides is 2. The van der Waals surface area contributed by atoms with E-state index in [0.29, 0.717) is 36.0 Å². The molecule has 3 aromatic rings. The molecule has 0 saturated heterocycles. The predicted octanol–water partition coefficient (Wildman–Crippen LogP) is 4.56. The van der Waals surface area contributed by atoms with Crippen LogP contribution in [0.25, 0.3) is 0 Å². The lowest BCUT2D eigenvalue weighted by atomic mass is 10.0. The Hall–Kier alpha value is -3.94. The fourth-order valence-electron chi connectivity index (χ4n) is 4.81. The Labute approximate surface area is 210 Å². The Kier molecular flexibility index (Phi) is 6.84. The summed E-state index contributed by atoms with van der Waals surface area (Å²) in [6, 6.07) is 15.4. The number of rotatable bonds is 7. The SMILES string of the molecule is CN(C)c1ccc([C@H](C(=O)NC2CCCC2)N(C(=O)c2ccco2)c2ccc3c(c2)OCCO3)cc1. The van der Waals surface area contributed by atoms with E-state index in [4.69, 9.17) is 13.9 Å². The number of fused-ring (bicyclic) bond motifs is 1. The van der Waals surface area contributed by atoms with E-state index in [9.17, 15) is 9.59 Å². The summed E-state index contributed by atoms with van der Waals surface area (Å²) in [5.41, 5.74) is 2.21. The largest absolute Gasteiger partial charge is 0.486 e. The van der Waals surface area contributed by atoms with Crippen molar-refractivity contribution >= 4 is 23.2 Å². The van der Waals surface area contributed by atoms with Gasteiger partial charge in [0.05, 0.1) is 6.26 Å². The highest BCUT2D eigenvalue weighted by molar-refractivity contribution is 6.09. The summed E-state index contributed by atoms with van der Waals surface area (Å²) in [7, 11) is 3.92. The molecule has 8 nitrogen and oxygen atoms in total. The van der Waals surface area contributed by atoms with Gasteiger partial charge in [0.1, 0.15) is 19.3 Å². The van der Waals surface area contributed by atoms with E-state index in [0.717, 1.165) is 31.4 Å². The first-order valence-corrected chi connectivity index (χ1v) is 12.4. The molecule has 0 radical (unpaired) electrons. The summed E-state index contributed by atoms with van der Waals surface area (Å²) < 4.78 is 16.9. The van der Waals surface area contributed by atoms with Crippen LogP contribution < -0.4 is 24.6 Å². The van der Waals surface area contributed by atoms with Crippen LogP contribution in [-0.4, -0.2) is 45.2 Å². The number of carbonyl (C=O) groups is 2. The van der Waals surface area contributed by atoms with E-state index in [2.05, 4.69) is 5.32 Å². The summed E-state index contributed by atoms with van der Waals surface area (Å²) >= 11 is 0. The maximum Gasteiger partial charge on any atom is 0.294 e. The zero-order chi connectivity index (χ0) is 25.1. The Morgan fingerprint density at radius 3 is 2.28 bits per heavy atom. The van der Waals surface area contributed by atoms with Crippen LogP contribution >= 0.6 is 0 Å². The standard InChI is InChI=1S/C28H31N3O5/c1-30(2)21-11-9-19(10-12-21)26(27(32)29-20-6-3-4-7-20)31(28(33)24-8-5-15-34-24)22-13-14-23-25(18-22)36-17-16-35-23/h5,8-15,18,20,26H,3-4,6-7,16-17H2,1-2H3,(H,29,32)/t26-/m1/s1. The molecule has 1 N–H and O–H groups in total. The van der Waals surface area contributed by atoms with E-state index in [1.54, 1.807) is 30.3 Å². The number of furan rings is 1. The number of anilines is 2. The molecule has 8 heteroatoms. The maximum atomic E-state index is 13.9. The molecule has 1 fully saturated rings. The predicted molar refractivity (Wildman–Crippen MR) is 137 cm³/mol. The number of benzene rings is 2. The monoisotopic (exact) mass is 489 g/mol. The molecule has 1 atom stereocenters. The second-order valence-corrected chi connectivity index (χ2v) is 9.36. The summed E-state index contributed by atoms with van der Waals surface area (Å²) in [5.74, 6) is 0.647. The van der Waals surface area contributed by atoms with Gasteiger partial charge in [0.2, 0.25) is 5.91 Å². The van der Waals surface area contributed by atoms with Crippen LogP contribution in [0.1, 0.15) is 47.8 Å². The van der Waals surface area contributed by atoms with Gasteiger partial charge in [-0.1, -0.05) is 25.0 Å². The summed E-state index contributed by atoms with van der Waals surface area (Å²) in [5, 5.41) is 3.20. The van der Waals surface area contributed by atoms with Crippen LogP contribution in [0.5, 0.6) is 11.5 Å². The molecule has 188 valence electrons. The molecular weight excluding hydrogens is 458 g/mol. The van der Waals surface area contributed by atoms with Gasteiger partial charge >= 0.3 is 0 Å². The quantitative estimate of drug-likeness (QED) is 0.524. The van der Waals surface area contributed by atoms with Gasteiger partial charge in [0, 0.05) is 37.6 Å². The van der Waals surface area contributed by atoms with Crippen molar-refractivity contribution in [2.45, 2.75) is 37.8 Å². The fraction of sp³-hybridized carbons (Fsp3) is 0.357. The lowest BCUT2D eigenvalue weighted by Crippen LogP contribution is -2.46. The van der Waals surface area contributed by atoms with E-state index in [1.807, 2.05) is 43.3 Å². The molecule has 2 aromatic carbocycles. The van der Waals surface area contributed by atoms with Crippen molar-refractivity contribution in [2.24, 2.45) is 0 Å². The Balaban J connectivity index is 1.60. The van der Waals surface area contributed by atoms with E-state index in [-0.39, 0.29) is 17.7 Å². The molecule has 1 aromatic heterocycles. The minimum absolute atomic E-state index is 0.0990. The van der Waals surface area contributed by atoms with Gasteiger partial charge in [-0.3, -0.25) is 14.5 Å². The number of hydrogen-bond donors (Lipinski definition) is 1. The molecule has 2 heterocycles. The summed E-state index contributed by atoms with van der Waals surface area (Å²) in [6.07, 6.45) is 5.51. The summed E-state index contributed by atoms with van der Waals surface area (Å²) in [4.78, 5) is 31.3.